The molecule has 0 rings (SSSR count). The van der Waals surface area contributed by atoms with Crippen LogP contribution in [0.2, 0.25) is 0 Å². The van der Waals surface area contributed by atoms with Gasteiger partial charge in [0.25, 0.3) is 0 Å². The molecule has 7 heavy (non-hydrogen) atoms. The van der Waals surface area contributed by atoms with Gasteiger partial charge in [-0.3, -0.25) is 0 Å². The van der Waals surface area contributed by atoms with Crippen molar-refractivity contribution in [1.82, 2.24) is 0 Å². The predicted molar refractivity (Wildman–Crippen MR) is 47.7 cm³/mol. The lowest BCUT2D eigenvalue weighted by Crippen LogP contribution is -1.91. The van der Waals surface area contributed by atoms with Gasteiger partial charge >= 0.3 is 0 Å². The van der Waals surface area contributed by atoms with E-state index in [1.165, 1.54) is 0 Å². The molecule has 0 saturated carbocycles. The van der Waals surface area contributed by atoms with Crippen molar-refractivity contribution in [3.05, 3.63) is 0 Å². The van der Waals surface area contributed by atoms with Crippen LogP contribution in [0.3, 0.4) is 0 Å². The van der Waals surface area contributed by atoms with E-state index in [1.54, 1.807) is 0 Å². The van der Waals surface area contributed by atoms with Crippen LogP contribution < -0.4 is 0 Å². The molecular formula is C3H10S3Si. The van der Waals surface area contributed by atoms with Crippen LogP contribution in [0.25, 0.3) is 0 Å². The van der Waals surface area contributed by atoms with Crippen LogP contribution in [-0.4, -0.2) is 25.0 Å². The molecule has 0 bridgehead atoms. The van der Waals surface area contributed by atoms with E-state index in [4.69, 9.17) is 0 Å². The summed E-state index contributed by atoms with van der Waals surface area (Å²) in [6, 6.07) is 0. The van der Waals surface area contributed by atoms with E-state index in [9.17, 15) is 0 Å². The molecule has 0 heterocycles. The van der Waals surface area contributed by atoms with Gasteiger partial charge in [-0.1, -0.05) is 0 Å². The van der Waals surface area contributed by atoms with Crippen molar-refractivity contribution < 1.29 is 0 Å². The first-order valence-electron chi connectivity index (χ1n) is 1.93. The third kappa shape index (κ3) is 3.82. The van der Waals surface area contributed by atoms with Gasteiger partial charge in [-0.25, -0.2) is 0 Å². The standard InChI is InChI=1S/C3H10S3Si/c1-4-7(5-2)6-3/h7H,1-3H3. The Kier molecular flexibility index (Phi) is 6.38. The first kappa shape index (κ1) is 8.27. The second-order valence-electron chi connectivity index (χ2n) is 0.996. The van der Waals surface area contributed by atoms with Crippen molar-refractivity contribution in [2.24, 2.45) is 0 Å². The summed E-state index contributed by atoms with van der Waals surface area (Å²) in [6.45, 7) is 0. The van der Waals surface area contributed by atoms with Crippen molar-refractivity contribution in [3.8, 4) is 0 Å². The van der Waals surface area contributed by atoms with Gasteiger partial charge in [-0.2, -0.15) is 33.6 Å². The Morgan fingerprint density at radius 2 is 1.14 bits per heavy atom. The highest BCUT2D eigenvalue weighted by atomic mass is 32.8. The third-order valence-electron chi connectivity index (χ3n) is 0.577. The second-order valence-corrected chi connectivity index (χ2v) is 14.2. The maximum atomic E-state index is 2.20. The summed E-state index contributed by atoms with van der Waals surface area (Å²) in [5, 5.41) is 0. The van der Waals surface area contributed by atoms with E-state index in [-0.39, 0.29) is 0 Å². The van der Waals surface area contributed by atoms with Gasteiger partial charge < -0.3 is 0 Å². The van der Waals surface area contributed by atoms with Gasteiger partial charge in [0.05, 0.1) is 0 Å². The first-order chi connectivity index (χ1) is 3.35. The molecule has 0 nitrogen and oxygen atoms in total. The van der Waals surface area contributed by atoms with Crippen molar-refractivity contribution in [1.29, 1.82) is 0 Å². The molecule has 0 aliphatic carbocycles. The van der Waals surface area contributed by atoms with Crippen molar-refractivity contribution in [3.63, 3.8) is 0 Å². The zero-order valence-corrected chi connectivity index (χ0v) is 8.41. The predicted octanol–water partition coefficient (Wildman–Crippen LogP) is 1.79. The smallest absolute Gasteiger partial charge is 0.169 e. The fourth-order valence-corrected chi connectivity index (χ4v) is 7.79. The fourth-order valence-electron chi connectivity index (χ4n) is 0.289. The lowest BCUT2D eigenvalue weighted by Gasteiger charge is -2.01. The van der Waals surface area contributed by atoms with E-state index in [1.807, 2.05) is 33.6 Å². The largest absolute Gasteiger partial charge is 0.220 e. The molecule has 0 spiro atoms. The summed E-state index contributed by atoms with van der Waals surface area (Å²) in [5.41, 5.74) is 0. The van der Waals surface area contributed by atoms with Gasteiger partial charge in [0.2, 0.25) is 6.25 Å². The molecule has 0 aromatic carbocycles. The minimum absolute atomic E-state index is 0.421. The number of rotatable bonds is 3. The molecule has 0 aliphatic heterocycles. The average molecular weight is 170 g/mol. The second kappa shape index (κ2) is 5.40. The van der Waals surface area contributed by atoms with Crippen molar-refractivity contribution in [2.75, 3.05) is 18.8 Å². The molecule has 0 saturated heterocycles. The maximum absolute atomic E-state index is 2.20. The van der Waals surface area contributed by atoms with E-state index in [2.05, 4.69) is 18.8 Å². The van der Waals surface area contributed by atoms with Gasteiger partial charge in [0.1, 0.15) is 0 Å². The van der Waals surface area contributed by atoms with Crippen LogP contribution in [0.4, 0.5) is 0 Å². The van der Waals surface area contributed by atoms with Crippen molar-refractivity contribution in [2.45, 2.75) is 0 Å². The Bertz CT molecular complexity index is 31.7. The zero-order chi connectivity index (χ0) is 5.70. The van der Waals surface area contributed by atoms with E-state index in [0.717, 1.165) is 0 Å². The van der Waals surface area contributed by atoms with E-state index >= 15 is 0 Å². The van der Waals surface area contributed by atoms with E-state index in [0.29, 0.717) is 0 Å². The van der Waals surface area contributed by atoms with Gasteiger partial charge in [0.15, 0.2) is 0 Å². The zero-order valence-electron chi connectivity index (χ0n) is 4.80. The number of hydrogen-bond acceptors (Lipinski definition) is 3. The fraction of sp³-hybridized carbons (Fsp3) is 1.00. The Balaban J connectivity index is 2.99. The highest BCUT2D eigenvalue weighted by Gasteiger charge is 2.01. The molecule has 0 radical (unpaired) electrons. The molecule has 0 aromatic heterocycles. The minimum atomic E-state index is -0.421. The molecule has 0 unspecified atom stereocenters. The molecule has 44 valence electrons. The van der Waals surface area contributed by atoms with Gasteiger partial charge in [-0.15, -0.1) is 0 Å². The van der Waals surface area contributed by atoms with Crippen LogP contribution in [0.1, 0.15) is 0 Å². The molecule has 0 aliphatic rings. The van der Waals surface area contributed by atoms with E-state index < -0.39 is 6.25 Å². The van der Waals surface area contributed by atoms with Gasteiger partial charge in [0, 0.05) is 0 Å². The normalized spacial score (nSPS) is 10.3. The molecule has 0 N–H and O–H groups in total. The highest BCUT2D eigenvalue weighted by Crippen LogP contribution is 2.22. The van der Waals surface area contributed by atoms with Crippen LogP contribution in [0.5, 0.6) is 0 Å². The highest BCUT2D eigenvalue weighted by molar-refractivity contribution is 8.76. The molecule has 0 aromatic rings. The monoisotopic (exact) mass is 170 g/mol. The Labute approximate surface area is 58.7 Å². The summed E-state index contributed by atoms with van der Waals surface area (Å²) in [6.07, 6.45) is 6.17. The van der Waals surface area contributed by atoms with Gasteiger partial charge in [-0.05, 0) is 18.8 Å². The SMILES string of the molecule is CS[SiH](SC)SC. The van der Waals surface area contributed by atoms with Crippen LogP contribution >= 0.6 is 33.6 Å². The Hall–Kier alpha value is 1.27. The molecular weight excluding hydrogens is 160 g/mol. The molecule has 0 atom stereocenters. The van der Waals surface area contributed by atoms with Crippen LogP contribution in [-0.2, 0) is 0 Å². The first-order valence-corrected chi connectivity index (χ1v) is 10.0. The molecule has 0 amide bonds. The Morgan fingerprint density at radius 3 is 1.14 bits per heavy atom. The number of hydrogen-bond donors (Lipinski definition) is 0. The Morgan fingerprint density at radius 1 is 0.857 bits per heavy atom. The summed E-state index contributed by atoms with van der Waals surface area (Å²) in [5.74, 6) is 0. The lowest BCUT2D eigenvalue weighted by atomic mass is 12.0. The van der Waals surface area contributed by atoms with Crippen molar-refractivity contribution >= 4 is 39.9 Å². The summed E-state index contributed by atoms with van der Waals surface area (Å²) < 4.78 is 0. The summed E-state index contributed by atoms with van der Waals surface area (Å²) in [4.78, 5) is 0. The molecule has 0 fully saturated rings. The quantitative estimate of drug-likeness (QED) is 0.593. The van der Waals surface area contributed by atoms with Crippen LogP contribution in [0, 0.1) is 0 Å². The van der Waals surface area contributed by atoms with Crippen LogP contribution in [0.15, 0.2) is 0 Å². The molecule has 4 heteroatoms. The average Bonchev–Trinajstić information content (AvgIpc) is 1.72. The minimum Gasteiger partial charge on any atom is -0.169 e. The maximum Gasteiger partial charge on any atom is 0.220 e. The third-order valence-corrected chi connectivity index (χ3v) is 15.6. The summed E-state index contributed by atoms with van der Waals surface area (Å²) >= 11 is 6.10. The lowest BCUT2D eigenvalue weighted by molar-refractivity contribution is 2.51. The summed E-state index contributed by atoms with van der Waals surface area (Å²) in [7, 11) is 0. The topological polar surface area (TPSA) is 0 Å².